The van der Waals surface area contributed by atoms with Crippen molar-refractivity contribution in [1.29, 1.82) is 0 Å². The number of Topliss-reactive ketones (excluding diaryl/α,β-unsaturated/α-hetero) is 1. The van der Waals surface area contributed by atoms with Gasteiger partial charge in [-0.05, 0) is 38.5 Å². The summed E-state index contributed by atoms with van der Waals surface area (Å²) in [5.74, 6) is 0.840. The van der Waals surface area contributed by atoms with E-state index in [-0.39, 0.29) is 5.78 Å². The third-order valence-corrected chi connectivity index (χ3v) is 3.47. The number of rotatable bonds is 5. The minimum absolute atomic E-state index is 0.102. The molecule has 20 heavy (non-hydrogen) atoms. The number of carbonyl (C=O) groups is 1. The molecule has 0 aliphatic heterocycles. The Morgan fingerprint density at radius 1 is 1.05 bits per heavy atom. The molecule has 2 nitrogen and oxygen atoms in total. The van der Waals surface area contributed by atoms with Gasteiger partial charge in [0.15, 0.2) is 5.78 Å². The van der Waals surface area contributed by atoms with Crippen LogP contribution in [0.15, 0.2) is 54.6 Å². The number of hydrogen-bond acceptors (Lipinski definition) is 2. The molecule has 0 bridgehead atoms. The summed E-state index contributed by atoms with van der Waals surface area (Å²) in [6.45, 7) is 6.44. The van der Waals surface area contributed by atoms with E-state index in [1.165, 1.54) is 0 Å². The quantitative estimate of drug-likeness (QED) is 0.758. The zero-order chi connectivity index (χ0) is 14.6. The second kappa shape index (κ2) is 5.91. The summed E-state index contributed by atoms with van der Waals surface area (Å²) in [4.78, 5) is 12.8. The smallest absolute Gasteiger partial charge is 0.172 e. The van der Waals surface area contributed by atoms with E-state index in [1.54, 1.807) is 0 Å². The van der Waals surface area contributed by atoms with E-state index in [0.29, 0.717) is 12.2 Å². The predicted octanol–water partition coefficient (Wildman–Crippen LogP) is 4.25. The Kier molecular flexibility index (Phi) is 4.23. The predicted molar refractivity (Wildman–Crippen MR) is 81.4 cm³/mol. The van der Waals surface area contributed by atoms with Crippen molar-refractivity contribution in [3.8, 4) is 5.75 Å². The molecule has 0 aliphatic rings. The van der Waals surface area contributed by atoms with Crippen LogP contribution in [-0.2, 0) is 5.41 Å². The summed E-state index contributed by atoms with van der Waals surface area (Å²) < 4.78 is 5.46. The van der Waals surface area contributed by atoms with Crippen molar-refractivity contribution < 1.29 is 9.53 Å². The molecule has 104 valence electrons. The molecule has 2 aromatic carbocycles. The average Bonchev–Trinajstić information content (AvgIpc) is 2.48. The fourth-order valence-electron chi connectivity index (χ4n) is 2.24. The Morgan fingerprint density at radius 2 is 1.75 bits per heavy atom. The Balaban J connectivity index is 2.33. The molecule has 0 atom stereocenters. The summed E-state index contributed by atoms with van der Waals surface area (Å²) in [6, 6.07) is 17.2. The van der Waals surface area contributed by atoms with E-state index < -0.39 is 5.41 Å². The number of benzene rings is 2. The highest BCUT2D eigenvalue weighted by Crippen LogP contribution is 2.28. The van der Waals surface area contributed by atoms with Crippen LogP contribution in [0.3, 0.4) is 0 Å². The van der Waals surface area contributed by atoms with Crippen LogP contribution in [-0.4, -0.2) is 12.4 Å². The molecule has 0 saturated carbocycles. The first-order chi connectivity index (χ1) is 9.55. The fourth-order valence-corrected chi connectivity index (χ4v) is 2.24. The molecule has 0 heterocycles. The molecular weight excluding hydrogens is 248 g/mol. The third-order valence-electron chi connectivity index (χ3n) is 3.47. The molecule has 0 aliphatic carbocycles. The summed E-state index contributed by atoms with van der Waals surface area (Å²) in [7, 11) is 0. The van der Waals surface area contributed by atoms with Crippen LogP contribution in [0.4, 0.5) is 0 Å². The number of ether oxygens (including phenoxy) is 1. The van der Waals surface area contributed by atoms with Crippen LogP contribution < -0.4 is 4.74 Å². The van der Waals surface area contributed by atoms with Gasteiger partial charge in [0.2, 0.25) is 0 Å². The second-order valence-electron chi connectivity index (χ2n) is 5.28. The zero-order valence-corrected chi connectivity index (χ0v) is 12.2. The summed E-state index contributed by atoms with van der Waals surface area (Å²) in [5.41, 5.74) is 1.16. The molecule has 2 heteroatoms. The molecule has 0 saturated heterocycles. The lowest BCUT2D eigenvalue weighted by atomic mass is 9.78. The van der Waals surface area contributed by atoms with Gasteiger partial charge in [-0.3, -0.25) is 4.79 Å². The van der Waals surface area contributed by atoms with Gasteiger partial charge in [0.05, 0.1) is 12.0 Å². The van der Waals surface area contributed by atoms with Gasteiger partial charge < -0.3 is 4.74 Å². The van der Waals surface area contributed by atoms with Gasteiger partial charge in [0.1, 0.15) is 5.75 Å². The topological polar surface area (TPSA) is 26.3 Å². The maximum Gasteiger partial charge on any atom is 0.172 e. The van der Waals surface area contributed by atoms with E-state index in [0.717, 1.165) is 11.3 Å². The Morgan fingerprint density at radius 3 is 2.40 bits per heavy atom. The van der Waals surface area contributed by atoms with Crippen LogP contribution in [0.2, 0.25) is 0 Å². The Bertz CT molecular complexity index is 585. The van der Waals surface area contributed by atoms with Crippen LogP contribution in [0.1, 0.15) is 36.7 Å². The molecule has 0 N–H and O–H groups in total. The van der Waals surface area contributed by atoms with Crippen molar-refractivity contribution in [2.45, 2.75) is 26.2 Å². The first-order valence-electron chi connectivity index (χ1n) is 6.89. The van der Waals surface area contributed by atoms with Gasteiger partial charge in [-0.25, -0.2) is 0 Å². The van der Waals surface area contributed by atoms with Gasteiger partial charge in [0.25, 0.3) is 0 Å². The lowest BCUT2D eigenvalue weighted by Crippen LogP contribution is -2.29. The van der Waals surface area contributed by atoms with E-state index in [2.05, 4.69) is 0 Å². The molecule has 2 aromatic rings. The largest absolute Gasteiger partial charge is 0.494 e. The monoisotopic (exact) mass is 268 g/mol. The van der Waals surface area contributed by atoms with Crippen LogP contribution in [0.25, 0.3) is 0 Å². The van der Waals surface area contributed by atoms with Crippen LogP contribution >= 0.6 is 0 Å². The molecule has 0 radical (unpaired) electrons. The number of ketones is 1. The summed E-state index contributed by atoms with van der Waals surface area (Å²) in [5, 5.41) is 0. The van der Waals surface area contributed by atoms with Crippen molar-refractivity contribution in [1.82, 2.24) is 0 Å². The van der Waals surface area contributed by atoms with E-state index in [1.807, 2.05) is 75.4 Å². The zero-order valence-electron chi connectivity index (χ0n) is 12.2. The molecular formula is C18H20O2. The van der Waals surface area contributed by atoms with Crippen LogP contribution in [0, 0.1) is 0 Å². The summed E-state index contributed by atoms with van der Waals surface area (Å²) >= 11 is 0. The average molecular weight is 268 g/mol. The SMILES string of the molecule is CCOc1cccc(C(=O)C(C)(C)c2ccccc2)c1. The van der Waals surface area contributed by atoms with Gasteiger partial charge >= 0.3 is 0 Å². The number of carbonyl (C=O) groups excluding carboxylic acids is 1. The number of hydrogen-bond donors (Lipinski definition) is 0. The Hall–Kier alpha value is -2.09. The minimum atomic E-state index is -0.550. The van der Waals surface area contributed by atoms with Gasteiger partial charge in [-0.1, -0.05) is 42.5 Å². The molecule has 0 unspecified atom stereocenters. The van der Waals surface area contributed by atoms with Crippen molar-refractivity contribution >= 4 is 5.78 Å². The molecule has 0 spiro atoms. The lowest BCUT2D eigenvalue weighted by molar-refractivity contribution is 0.0908. The Labute approximate surface area is 120 Å². The molecule has 0 amide bonds. The highest BCUT2D eigenvalue weighted by atomic mass is 16.5. The maximum atomic E-state index is 12.8. The highest BCUT2D eigenvalue weighted by molar-refractivity contribution is 6.03. The highest BCUT2D eigenvalue weighted by Gasteiger charge is 2.30. The third kappa shape index (κ3) is 2.90. The van der Waals surface area contributed by atoms with Crippen molar-refractivity contribution in [3.05, 3.63) is 65.7 Å². The van der Waals surface area contributed by atoms with Crippen molar-refractivity contribution in [2.24, 2.45) is 0 Å². The first kappa shape index (κ1) is 14.3. The molecule has 0 aromatic heterocycles. The van der Waals surface area contributed by atoms with E-state index in [9.17, 15) is 4.79 Å². The van der Waals surface area contributed by atoms with Crippen molar-refractivity contribution in [2.75, 3.05) is 6.61 Å². The van der Waals surface area contributed by atoms with Gasteiger partial charge in [0, 0.05) is 5.56 Å². The minimum Gasteiger partial charge on any atom is -0.494 e. The lowest BCUT2D eigenvalue weighted by Gasteiger charge is -2.24. The first-order valence-corrected chi connectivity index (χ1v) is 6.89. The van der Waals surface area contributed by atoms with Crippen LogP contribution in [0.5, 0.6) is 5.75 Å². The molecule has 2 rings (SSSR count). The maximum absolute atomic E-state index is 12.8. The van der Waals surface area contributed by atoms with Crippen molar-refractivity contribution in [3.63, 3.8) is 0 Å². The van der Waals surface area contributed by atoms with Gasteiger partial charge in [-0.15, -0.1) is 0 Å². The summed E-state index contributed by atoms with van der Waals surface area (Å²) in [6.07, 6.45) is 0. The van der Waals surface area contributed by atoms with Gasteiger partial charge in [-0.2, -0.15) is 0 Å². The van der Waals surface area contributed by atoms with E-state index >= 15 is 0 Å². The molecule has 0 fully saturated rings. The fraction of sp³-hybridized carbons (Fsp3) is 0.278. The second-order valence-corrected chi connectivity index (χ2v) is 5.28. The van der Waals surface area contributed by atoms with E-state index in [4.69, 9.17) is 4.74 Å². The normalized spacial score (nSPS) is 11.2. The standard InChI is InChI=1S/C18H20O2/c1-4-20-16-12-8-9-14(13-16)17(19)18(2,3)15-10-6-5-7-11-15/h5-13H,4H2,1-3H3.